The number of fused-ring (bicyclic) bond motifs is 4. The maximum atomic E-state index is 13.8. The van der Waals surface area contributed by atoms with Crippen molar-refractivity contribution in [3.8, 4) is 11.4 Å². The first-order chi connectivity index (χ1) is 21.0. The summed E-state index contributed by atoms with van der Waals surface area (Å²) in [4.78, 5) is 54.8. The Balaban J connectivity index is 0.000000522. The Hall–Kier alpha value is -3.82. The first-order valence-electron chi connectivity index (χ1n) is 14.0. The maximum Gasteiger partial charge on any atom is 2.00 e. The molecule has 4 aromatic rings. The molecule has 2 aromatic heterocycles. The SMILES string of the molecule is CC1=C2C(Cn3c(=O)n(-c4ccccc4)c(=O)n3C2[C]2[CH][CH][CH][CH]2)n2c(=O)n(-c3ccccc3)c(=O)n2C1.[CH]1[CH][CH][CH][CH]1.[Fe+2]. The molecule has 8 rings (SSSR count). The van der Waals surface area contributed by atoms with Crippen LogP contribution in [0.1, 0.15) is 19.0 Å². The van der Waals surface area contributed by atoms with Crippen LogP contribution in [-0.2, 0) is 30.2 Å². The number of rotatable bonds is 3. The van der Waals surface area contributed by atoms with E-state index >= 15 is 0 Å². The molecule has 4 heterocycles. The molecule has 2 atom stereocenters. The third-order valence-corrected chi connectivity index (χ3v) is 8.13. The monoisotopic (exact) mass is 628 g/mol. The molecule has 10 nitrogen and oxygen atoms in total. The van der Waals surface area contributed by atoms with Crippen LogP contribution in [0.25, 0.3) is 11.4 Å². The van der Waals surface area contributed by atoms with Gasteiger partial charge in [0, 0.05) is 5.92 Å². The van der Waals surface area contributed by atoms with Gasteiger partial charge in [0.2, 0.25) is 0 Å². The van der Waals surface area contributed by atoms with E-state index in [1.807, 2.05) is 76.8 Å². The van der Waals surface area contributed by atoms with Crippen molar-refractivity contribution in [2.24, 2.45) is 0 Å². The summed E-state index contributed by atoms with van der Waals surface area (Å²) < 4.78 is 8.11. The Bertz CT molecular complexity index is 1910. The number of aromatic nitrogens is 6. The van der Waals surface area contributed by atoms with Crippen LogP contribution < -0.4 is 22.8 Å². The van der Waals surface area contributed by atoms with E-state index in [1.165, 1.54) is 18.7 Å². The molecule has 44 heavy (non-hydrogen) atoms. The third-order valence-electron chi connectivity index (χ3n) is 8.13. The Morgan fingerprint density at radius 1 is 0.591 bits per heavy atom. The van der Waals surface area contributed by atoms with E-state index < -0.39 is 34.8 Å². The molecule has 2 fully saturated rings. The van der Waals surface area contributed by atoms with Crippen LogP contribution in [0.5, 0.6) is 0 Å². The molecule has 2 saturated carbocycles. The predicted octanol–water partition coefficient (Wildman–Crippen LogP) is 2.47. The number of benzene rings is 2. The smallest absolute Gasteiger partial charge is 0.246 e. The molecular formula is C33H28FeN6O4+2. The van der Waals surface area contributed by atoms with Crippen molar-refractivity contribution in [1.82, 2.24) is 27.9 Å². The standard InChI is InChI=1S/C28H23N6O4.C5H5.Fe/c1-18-16-29-25(35)31(20-12-4-2-5-13-20)27(37)33(29)22-17-30-26(36)32(21-14-6-3-7-15-21)28(38)34(30)24(23(18)22)19-10-8-9-11-19;1-2-4-5-3-1;/h2-15,22,24H,16-17H2,1H3;1-5H;/q;;+2. The van der Waals surface area contributed by atoms with Gasteiger partial charge in [0.15, 0.2) is 0 Å². The molecule has 0 N–H and O–H groups in total. The van der Waals surface area contributed by atoms with Crippen molar-refractivity contribution >= 4 is 0 Å². The average Bonchev–Trinajstić information content (AvgIpc) is 3.84. The summed E-state index contributed by atoms with van der Waals surface area (Å²) in [5.74, 6) is 0.830. The average molecular weight is 628 g/mol. The Morgan fingerprint density at radius 3 is 1.59 bits per heavy atom. The van der Waals surface area contributed by atoms with Crippen LogP contribution in [0.2, 0.25) is 0 Å². The van der Waals surface area contributed by atoms with Gasteiger partial charge in [0.1, 0.15) is 0 Å². The Morgan fingerprint density at radius 2 is 1.07 bits per heavy atom. The summed E-state index contributed by atoms with van der Waals surface area (Å²) in [5, 5.41) is 0. The summed E-state index contributed by atoms with van der Waals surface area (Å²) in [5.41, 5.74) is 0.792. The summed E-state index contributed by atoms with van der Waals surface area (Å²) >= 11 is 0. The second-order valence-corrected chi connectivity index (χ2v) is 10.6. The molecule has 220 valence electrons. The van der Waals surface area contributed by atoms with Gasteiger partial charge < -0.3 is 0 Å². The molecule has 0 amide bonds. The quantitative estimate of drug-likeness (QED) is 0.257. The van der Waals surface area contributed by atoms with Gasteiger partial charge in [-0.25, -0.2) is 47.0 Å². The van der Waals surface area contributed by atoms with Gasteiger partial charge in [0.25, 0.3) is 0 Å². The third kappa shape index (κ3) is 4.86. The van der Waals surface area contributed by atoms with Gasteiger partial charge in [-0.05, 0) is 100 Å². The van der Waals surface area contributed by atoms with E-state index in [0.717, 1.165) is 26.2 Å². The van der Waals surface area contributed by atoms with E-state index in [-0.39, 0.29) is 30.2 Å². The van der Waals surface area contributed by atoms with Crippen LogP contribution in [0, 0.1) is 63.7 Å². The van der Waals surface area contributed by atoms with Crippen LogP contribution >= 0.6 is 0 Å². The number of para-hydroxylation sites is 2. The van der Waals surface area contributed by atoms with E-state index in [0.29, 0.717) is 11.4 Å². The normalized spacial score (nSPS) is 20.8. The van der Waals surface area contributed by atoms with Gasteiger partial charge in [-0.1, -0.05) is 36.4 Å². The first kappa shape index (κ1) is 30.2. The molecular weight excluding hydrogens is 600 g/mol. The Labute approximate surface area is 265 Å². The molecule has 4 aliphatic rings. The first-order valence-corrected chi connectivity index (χ1v) is 14.0. The van der Waals surface area contributed by atoms with Crippen LogP contribution in [0.15, 0.2) is 91.0 Å². The second-order valence-electron chi connectivity index (χ2n) is 10.6. The maximum absolute atomic E-state index is 13.8. The minimum atomic E-state index is -0.627. The van der Waals surface area contributed by atoms with Gasteiger partial charge in [0.05, 0.1) is 36.5 Å². The zero-order valence-corrected chi connectivity index (χ0v) is 24.8. The second kappa shape index (κ2) is 12.3. The van der Waals surface area contributed by atoms with Crippen molar-refractivity contribution in [2.75, 3.05) is 0 Å². The molecule has 10 radical (unpaired) electrons. The number of allylic oxidation sites excluding steroid dienone is 2. The van der Waals surface area contributed by atoms with Gasteiger partial charge in [-0.3, -0.25) is 0 Å². The van der Waals surface area contributed by atoms with E-state index in [4.69, 9.17) is 0 Å². The van der Waals surface area contributed by atoms with Crippen molar-refractivity contribution in [1.29, 1.82) is 0 Å². The van der Waals surface area contributed by atoms with Crippen molar-refractivity contribution in [2.45, 2.75) is 32.1 Å². The fourth-order valence-corrected chi connectivity index (χ4v) is 6.28. The summed E-state index contributed by atoms with van der Waals surface area (Å²) in [6, 6.07) is 16.4. The molecule has 0 bridgehead atoms. The van der Waals surface area contributed by atoms with Gasteiger partial charge in [-0.2, -0.15) is 0 Å². The molecule has 2 aliphatic heterocycles. The Kier molecular flexibility index (Phi) is 8.44. The van der Waals surface area contributed by atoms with Gasteiger partial charge in [-0.15, -0.1) is 0 Å². The zero-order valence-electron chi connectivity index (χ0n) is 23.7. The summed E-state index contributed by atoms with van der Waals surface area (Å²) in [7, 11) is 0. The minimum absolute atomic E-state index is 0. The molecule has 2 unspecified atom stereocenters. The van der Waals surface area contributed by atoms with E-state index in [9.17, 15) is 19.2 Å². The largest absolute Gasteiger partial charge is 2.00 e. The molecule has 2 aliphatic carbocycles. The topological polar surface area (TPSA) is 97.9 Å². The zero-order chi connectivity index (χ0) is 29.7. The van der Waals surface area contributed by atoms with Crippen LogP contribution in [0.3, 0.4) is 0 Å². The molecule has 0 saturated heterocycles. The van der Waals surface area contributed by atoms with Crippen molar-refractivity contribution < 1.29 is 17.1 Å². The predicted molar refractivity (Wildman–Crippen MR) is 161 cm³/mol. The fraction of sp³-hybridized carbons (Fsp3) is 0.152. The van der Waals surface area contributed by atoms with Crippen molar-refractivity contribution in [3.63, 3.8) is 0 Å². The van der Waals surface area contributed by atoms with Crippen LogP contribution in [-0.4, -0.2) is 27.9 Å². The van der Waals surface area contributed by atoms with E-state index in [1.54, 1.807) is 48.5 Å². The van der Waals surface area contributed by atoms with Gasteiger partial charge >= 0.3 is 39.8 Å². The summed E-state index contributed by atoms with van der Waals surface area (Å²) in [6.07, 6.45) is 17.6. The molecule has 2 aromatic carbocycles. The molecule has 0 spiro atoms. The fourth-order valence-electron chi connectivity index (χ4n) is 6.28. The number of nitrogens with zero attached hydrogens (tertiary/aromatic N) is 6. The van der Waals surface area contributed by atoms with E-state index in [2.05, 4.69) is 0 Å². The minimum Gasteiger partial charge on any atom is -0.246 e. The number of hydrogen-bond donors (Lipinski definition) is 0. The summed E-state index contributed by atoms with van der Waals surface area (Å²) in [6.45, 7) is 2.16. The number of hydrogen-bond acceptors (Lipinski definition) is 4. The molecule has 11 heteroatoms. The van der Waals surface area contributed by atoms with Crippen LogP contribution in [0.4, 0.5) is 0 Å². The van der Waals surface area contributed by atoms with Crippen molar-refractivity contribution in [3.05, 3.63) is 177 Å².